The molecule has 0 saturated heterocycles. The predicted octanol–water partition coefficient (Wildman–Crippen LogP) is 5.05. The highest BCUT2D eigenvalue weighted by molar-refractivity contribution is 5.96. The number of carbonyl (C=O) groups excluding carboxylic acids is 1. The number of benzene rings is 2. The molecule has 31 heavy (non-hydrogen) atoms. The number of carbonyl (C=O) groups is 1. The molecule has 1 aromatic heterocycles. The highest BCUT2D eigenvalue weighted by Crippen LogP contribution is 2.36. The van der Waals surface area contributed by atoms with Crippen molar-refractivity contribution < 1.29 is 9.18 Å². The summed E-state index contributed by atoms with van der Waals surface area (Å²) in [4.78, 5) is 19.5. The largest absolute Gasteiger partial charge is 0.336 e. The van der Waals surface area contributed by atoms with Crippen LogP contribution in [0.5, 0.6) is 0 Å². The van der Waals surface area contributed by atoms with Gasteiger partial charge < -0.3 is 4.90 Å². The number of aliphatic imine (C=N–C) groups is 1. The average molecular weight is 417 g/mol. The molecule has 1 unspecified atom stereocenters. The number of aryl methyl sites for hydroxylation is 1. The summed E-state index contributed by atoms with van der Waals surface area (Å²) >= 11 is 0. The van der Waals surface area contributed by atoms with E-state index in [0.717, 1.165) is 16.7 Å². The van der Waals surface area contributed by atoms with Crippen LogP contribution in [0.3, 0.4) is 0 Å². The number of amides is 1. The predicted molar refractivity (Wildman–Crippen MR) is 121 cm³/mol. The summed E-state index contributed by atoms with van der Waals surface area (Å²) < 4.78 is 15.3. The highest BCUT2D eigenvalue weighted by atomic mass is 19.1. The minimum atomic E-state index is -0.302. The Hall–Kier alpha value is -3.54. The number of halogens is 1. The van der Waals surface area contributed by atoms with Crippen LogP contribution in [0.4, 0.5) is 4.39 Å². The van der Waals surface area contributed by atoms with Crippen molar-refractivity contribution in [2.24, 2.45) is 4.99 Å². The number of aromatic nitrogens is 2. The quantitative estimate of drug-likeness (QED) is 0.564. The molecule has 4 rings (SSSR count). The summed E-state index contributed by atoms with van der Waals surface area (Å²) in [6.45, 7) is 3.03. The van der Waals surface area contributed by atoms with E-state index in [1.807, 2.05) is 56.6 Å². The molecule has 0 bridgehead atoms. The molecule has 6 heteroatoms. The third-order valence-electron chi connectivity index (χ3n) is 5.46. The van der Waals surface area contributed by atoms with E-state index in [4.69, 9.17) is 5.10 Å². The van der Waals surface area contributed by atoms with Crippen LogP contribution in [0.25, 0.3) is 11.3 Å². The van der Waals surface area contributed by atoms with Gasteiger partial charge in [-0.2, -0.15) is 5.10 Å². The standard InChI is InChI=1S/C25H25FN4O/c1-3-30-24(25(31)29(2)17-18-7-5-4-6-8-18)22(19-13-15-27-16-14-19)23(28-30)20-9-11-21(26)12-10-20/h4-13,15-16,19H,3,14,17H2,1-2H3. The van der Waals surface area contributed by atoms with Crippen LogP contribution >= 0.6 is 0 Å². The summed E-state index contributed by atoms with van der Waals surface area (Å²) in [5.74, 6) is -0.414. The first kappa shape index (κ1) is 20.7. The lowest BCUT2D eigenvalue weighted by atomic mass is 9.90. The summed E-state index contributed by atoms with van der Waals surface area (Å²) in [6, 6.07) is 16.2. The van der Waals surface area contributed by atoms with Crippen molar-refractivity contribution in [3.05, 3.63) is 89.5 Å². The van der Waals surface area contributed by atoms with E-state index >= 15 is 0 Å². The van der Waals surface area contributed by atoms with Gasteiger partial charge in [0.1, 0.15) is 11.5 Å². The van der Waals surface area contributed by atoms with E-state index < -0.39 is 0 Å². The van der Waals surface area contributed by atoms with E-state index in [9.17, 15) is 9.18 Å². The Morgan fingerprint density at radius 3 is 2.55 bits per heavy atom. The van der Waals surface area contributed by atoms with Gasteiger partial charge in [-0.3, -0.25) is 14.5 Å². The number of hydrogen-bond donors (Lipinski definition) is 0. The Labute approximate surface area is 181 Å². The number of allylic oxidation sites excluding steroid dienone is 1. The van der Waals surface area contributed by atoms with Crippen molar-refractivity contribution in [2.75, 3.05) is 7.05 Å². The van der Waals surface area contributed by atoms with Gasteiger partial charge in [0.25, 0.3) is 5.91 Å². The Bertz CT molecular complexity index is 1120. The second-order valence-electron chi connectivity index (χ2n) is 7.60. The molecule has 3 aromatic rings. The fourth-order valence-electron chi connectivity index (χ4n) is 3.89. The zero-order valence-electron chi connectivity index (χ0n) is 17.7. The fraction of sp³-hybridized carbons (Fsp3) is 0.240. The van der Waals surface area contributed by atoms with E-state index in [1.54, 1.807) is 27.9 Å². The van der Waals surface area contributed by atoms with Gasteiger partial charge in [-0.1, -0.05) is 36.4 Å². The van der Waals surface area contributed by atoms with Crippen LogP contribution in [0.15, 0.2) is 71.9 Å². The molecule has 1 atom stereocenters. The molecule has 2 aromatic carbocycles. The van der Waals surface area contributed by atoms with Gasteiger partial charge in [-0.25, -0.2) is 4.39 Å². The van der Waals surface area contributed by atoms with E-state index in [2.05, 4.69) is 4.99 Å². The molecule has 2 heterocycles. The summed E-state index contributed by atoms with van der Waals surface area (Å²) in [5, 5.41) is 4.78. The van der Waals surface area contributed by atoms with Crippen LogP contribution in [-0.2, 0) is 13.1 Å². The first-order chi connectivity index (χ1) is 15.1. The third-order valence-corrected chi connectivity index (χ3v) is 5.46. The van der Waals surface area contributed by atoms with E-state index in [1.165, 1.54) is 12.1 Å². The zero-order chi connectivity index (χ0) is 21.8. The Balaban J connectivity index is 1.80. The van der Waals surface area contributed by atoms with Crippen LogP contribution in [-0.4, -0.2) is 33.8 Å². The molecule has 5 nitrogen and oxygen atoms in total. The summed E-state index contributed by atoms with van der Waals surface area (Å²) in [7, 11) is 1.81. The third kappa shape index (κ3) is 4.33. The monoisotopic (exact) mass is 416 g/mol. The molecule has 1 aliphatic heterocycles. The van der Waals surface area contributed by atoms with Crippen molar-refractivity contribution >= 4 is 12.1 Å². The zero-order valence-corrected chi connectivity index (χ0v) is 17.7. The number of nitrogens with zero attached hydrogens (tertiary/aromatic N) is 4. The summed E-state index contributed by atoms with van der Waals surface area (Å²) in [5.41, 5.74) is 4.00. The maximum atomic E-state index is 13.6. The minimum Gasteiger partial charge on any atom is -0.336 e. The fourth-order valence-corrected chi connectivity index (χ4v) is 3.89. The first-order valence-electron chi connectivity index (χ1n) is 10.4. The first-order valence-corrected chi connectivity index (χ1v) is 10.4. The van der Waals surface area contributed by atoms with Gasteiger partial charge >= 0.3 is 0 Å². The molecule has 0 radical (unpaired) electrons. The smallest absolute Gasteiger partial charge is 0.272 e. The van der Waals surface area contributed by atoms with Crippen LogP contribution in [0.1, 0.15) is 40.9 Å². The lowest BCUT2D eigenvalue weighted by Crippen LogP contribution is -2.29. The molecular weight excluding hydrogens is 391 g/mol. The van der Waals surface area contributed by atoms with Gasteiger partial charge in [-0.05, 0) is 43.2 Å². The molecular formula is C25H25FN4O. The molecule has 0 fully saturated rings. The SMILES string of the molecule is CCn1nc(-c2ccc(F)cc2)c(C2C=CN=CC2)c1C(=O)N(C)Cc1ccccc1. The topological polar surface area (TPSA) is 50.5 Å². The van der Waals surface area contributed by atoms with E-state index in [0.29, 0.717) is 30.9 Å². The Kier molecular flexibility index (Phi) is 6.07. The molecule has 0 aliphatic carbocycles. The number of rotatable bonds is 6. The molecule has 0 saturated carbocycles. The lowest BCUT2D eigenvalue weighted by molar-refractivity contribution is 0.0771. The maximum Gasteiger partial charge on any atom is 0.272 e. The number of hydrogen-bond acceptors (Lipinski definition) is 3. The van der Waals surface area contributed by atoms with E-state index in [-0.39, 0.29) is 17.6 Å². The molecule has 0 spiro atoms. The van der Waals surface area contributed by atoms with Crippen molar-refractivity contribution in [3.63, 3.8) is 0 Å². The molecule has 0 N–H and O–H groups in total. The van der Waals surface area contributed by atoms with Gasteiger partial charge in [0.15, 0.2) is 0 Å². The second-order valence-corrected chi connectivity index (χ2v) is 7.60. The molecule has 158 valence electrons. The Morgan fingerprint density at radius 2 is 1.90 bits per heavy atom. The average Bonchev–Trinajstić information content (AvgIpc) is 3.20. The normalized spacial score (nSPS) is 15.3. The van der Waals surface area contributed by atoms with Crippen LogP contribution in [0, 0.1) is 5.82 Å². The van der Waals surface area contributed by atoms with Crippen molar-refractivity contribution in [1.82, 2.24) is 14.7 Å². The minimum absolute atomic E-state index is 0.0260. The van der Waals surface area contributed by atoms with Crippen molar-refractivity contribution in [3.8, 4) is 11.3 Å². The maximum absolute atomic E-state index is 13.6. The van der Waals surface area contributed by atoms with Crippen LogP contribution < -0.4 is 0 Å². The van der Waals surface area contributed by atoms with Crippen molar-refractivity contribution in [2.45, 2.75) is 32.4 Å². The van der Waals surface area contributed by atoms with Gasteiger partial charge in [-0.15, -0.1) is 0 Å². The highest BCUT2D eigenvalue weighted by Gasteiger charge is 2.30. The molecule has 1 amide bonds. The van der Waals surface area contributed by atoms with Gasteiger partial charge in [0, 0.05) is 49.6 Å². The van der Waals surface area contributed by atoms with Gasteiger partial charge in [0.2, 0.25) is 0 Å². The Morgan fingerprint density at radius 1 is 1.16 bits per heavy atom. The second kappa shape index (κ2) is 9.08. The molecule has 1 aliphatic rings. The summed E-state index contributed by atoms with van der Waals surface area (Å²) in [6.07, 6.45) is 6.29. The lowest BCUT2D eigenvalue weighted by Gasteiger charge is -2.21. The van der Waals surface area contributed by atoms with Crippen LogP contribution in [0.2, 0.25) is 0 Å². The van der Waals surface area contributed by atoms with Crippen molar-refractivity contribution in [1.29, 1.82) is 0 Å². The van der Waals surface area contributed by atoms with Gasteiger partial charge in [0.05, 0.1) is 5.69 Å².